The monoisotopic (exact) mass is 395 g/mol. The summed E-state index contributed by atoms with van der Waals surface area (Å²) in [5, 5.41) is 3.28. The summed E-state index contributed by atoms with van der Waals surface area (Å²) < 4.78 is 13.0. The average Bonchev–Trinajstić information content (AvgIpc) is 3.52. The normalized spacial score (nSPS) is 16.1. The van der Waals surface area contributed by atoms with E-state index in [0.717, 1.165) is 40.9 Å². The molecule has 3 N–H and O–H groups in total. The molecule has 0 unspecified atom stereocenters. The van der Waals surface area contributed by atoms with Crippen molar-refractivity contribution in [3.8, 4) is 10.8 Å². The zero-order valence-corrected chi connectivity index (χ0v) is 16.6. The number of rotatable bonds is 7. The predicted octanol–water partition coefficient (Wildman–Crippen LogP) is 2.63. The van der Waals surface area contributed by atoms with Gasteiger partial charge in [-0.25, -0.2) is 4.98 Å². The third kappa shape index (κ3) is 3.63. The number of nitrogens with one attached hydrogen (secondary N) is 1. The van der Waals surface area contributed by atoms with E-state index in [-0.39, 0.29) is 0 Å². The molecule has 0 spiro atoms. The molecule has 144 valence electrons. The maximum atomic E-state index is 6.08. The van der Waals surface area contributed by atoms with Crippen LogP contribution in [0.1, 0.15) is 30.4 Å². The van der Waals surface area contributed by atoms with Crippen LogP contribution in [0.2, 0.25) is 0 Å². The topological polar surface area (TPSA) is 60.2 Å². The lowest BCUT2D eigenvalue weighted by Gasteiger charge is -2.21. The lowest BCUT2D eigenvalue weighted by Crippen LogP contribution is -3.13. The highest BCUT2D eigenvalue weighted by Gasteiger charge is 2.30. The molecule has 5 nitrogen and oxygen atoms in total. The highest BCUT2D eigenvalue weighted by molar-refractivity contribution is 7.21. The Labute approximate surface area is 168 Å². The number of nitrogens with zero attached hydrogens (tertiary/aromatic N) is 1. The second-order valence-corrected chi connectivity index (χ2v) is 8.45. The van der Waals surface area contributed by atoms with Crippen molar-refractivity contribution in [3.05, 3.63) is 66.3 Å². The lowest BCUT2D eigenvalue weighted by atomic mass is 10.2. The molecular weight excluding hydrogens is 370 g/mol. The van der Waals surface area contributed by atoms with Gasteiger partial charge in [0.1, 0.15) is 13.1 Å². The third-order valence-electron chi connectivity index (χ3n) is 5.54. The van der Waals surface area contributed by atoms with Crippen LogP contribution in [0.3, 0.4) is 0 Å². The smallest absolute Gasteiger partial charge is 0.195 e. The van der Waals surface area contributed by atoms with E-state index >= 15 is 0 Å². The molecule has 6 heteroatoms. The van der Waals surface area contributed by atoms with Crippen LogP contribution < -0.4 is 10.2 Å². The maximum Gasteiger partial charge on any atom is 0.195 e. The van der Waals surface area contributed by atoms with Gasteiger partial charge >= 0.3 is 0 Å². The first kappa shape index (κ1) is 17.7. The van der Waals surface area contributed by atoms with E-state index in [1.54, 1.807) is 22.5 Å². The standard InChI is InChI=1S/C22H23N3O2S/c1-2-8-21-17(6-1)24-22(28-21)20-10-9-16(27-20)14-23-15-18(19-7-5-13-26-19)25-11-3-4-12-25/h1-2,5-10,13,18,23H,3-4,11-12,14-15H2/p+2/t18-/m0/s1. The van der Waals surface area contributed by atoms with Crippen molar-refractivity contribution < 1.29 is 19.1 Å². The number of benzene rings is 1. The molecule has 4 aromatic rings. The summed E-state index contributed by atoms with van der Waals surface area (Å²) in [5.74, 6) is 2.95. The number of hydrogen-bond donors (Lipinski definition) is 2. The summed E-state index contributed by atoms with van der Waals surface area (Å²) in [6.45, 7) is 4.30. The van der Waals surface area contributed by atoms with Gasteiger partial charge in [-0.1, -0.05) is 12.1 Å². The van der Waals surface area contributed by atoms with E-state index in [0.29, 0.717) is 6.04 Å². The fourth-order valence-corrected chi connectivity index (χ4v) is 5.05. The molecule has 3 aromatic heterocycles. The van der Waals surface area contributed by atoms with E-state index < -0.39 is 0 Å². The molecule has 0 bridgehead atoms. The molecule has 0 amide bonds. The fraction of sp³-hybridized carbons (Fsp3) is 0.318. The predicted molar refractivity (Wildman–Crippen MR) is 109 cm³/mol. The van der Waals surface area contributed by atoms with Crippen molar-refractivity contribution in [1.29, 1.82) is 0 Å². The second-order valence-electron chi connectivity index (χ2n) is 7.41. The van der Waals surface area contributed by atoms with Crippen LogP contribution in [-0.4, -0.2) is 24.6 Å². The fourth-order valence-electron chi connectivity index (χ4n) is 4.12. The minimum atomic E-state index is 0.413. The van der Waals surface area contributed by atoms with Gasteiger partial charge in [0.25, 0.3) is 0 Å². The molecule has 1 atom stereocenters. The zero-order valence-electron chi connectivity index (χ0n) is 15.8. The summed E-state index contributed by atoms with van der Waals surface area (Å²) >= 11 is 1.68. The van der Waals surface area contributed by atoms with E-state index in [1.165, 1.54) is 30.6 Å². The quantitative estimate of drug-likeness (QED) is 0.506. The Morgan fingerprint density at radius 3 is 2.79 bits per heavy atom. The maximum absolute atomic E-state index is 6.08. The number of quaternary nitrogens is 2. The molecule has 0 radical (unpaired) electrons. The van der Waals surface area contributed by atoms with Crippen LogP contribution in [-0.2, 0) is 6.54 Å². The number of hydrogen-bond acceptors (Lipinski definition) is 4. The molecule has 1 fully saturated rings. The molecule has 5 rings (SSSR count). The minimum absolute atomic E-state index is 0.413. The van der Waals surface area contributed by atoms with Crippen LogP contribution >= 0.6 is 11.3 Å². The third-order valence-corrected chi connectivity index (χ3v) is 6.59. The number of thiazole rings is 1. The summed E-state index contributed by atoms with van der Waals surface area (Å²) in [5.41, 5.74) is 1.03. The lowest BCUT2D eigenvalue weighted by molar-refractivity contribution is -0.936. The van der Waals surface area contributed by atoms with Gasteiger partial charge in [0.2, 0.25) is 0 Å². The van der Waals surface area contributed by atoms with Crippen molar-refractivity contribution in [2.45, 2.75) is 25.4 Å². The molecule has 1 aromatic carbocycles. The first-order valence-corrected chi connectivity index (χ1v) is 10.8. The zero-order chi connectivity index (χ0) is 18.8. The molecular formula is C22H25N3O2S+2. The van der Waals surface area contributed by atoms with Crippen molar-refractivity contribution in [2.75, 3.05) is 19.6 Å². The molecule has 0 aliphatic carbocycles. The highest BCUT2D eigenvalue weighted by atomic mass is 32.1. The Morgan fingerprint density at radius 2 is 1.96 bits per heavy atom. The van der Waals surface area contributed by atoms with Crippen molar-refractivity contribution in [2.24, 2.45) is 0 Å². The highest BCUT2D eigenvalue weighted by Crippen LogP contribution is 2.30. The van der Waals surface area contributed by atoms with Crippen molar-refractivity contribution in [1.82, 2.24) is 4.98 Å². The molecule has 1 aliphatic heterocycles. The molecule has 1 saturated heterocycles. The number of aromatic nitrogens is 1. The summed E-state index contributed by atoms with van der Waals surface area (Å²) in [4.78, 5) is 6.33. The van der Waals surface area contributed by atoms with Gasteiger partial charge in [-0.05, 0) is 36.4 Å². The largest absolute Gasteiger partial charge is 0.463 e. The SMILES string of the molecule is c1coc([C@H](C[NH2+]Cc2ccc(-c3nc4ccccc4s3)o2)[NH+]2CCCC2)c1. The van der Waals surface area contributed by atoms with E-state index in [1.807, 2.05) is 30.3 Å². The van der Waals surface area contributed by atoms with E-state index in [4.69, 9.17) is 8.83 Å². The van der Waals surface area contributed by atoms with E-state index in [9.17, 15) is 0 Å². The van der Waals surface area contributed by atoms with Gasteiger partial charge in [0, 0.05) is 12.8 Å². The Balaban J connectivity index is 1.24. The number of nitrogens with two attached hydrogens (primary N) is 1. The van der Waals surface area contributed by atoms with Crippen LogP contribution in [0, 0.1) is 0 Å². The van der Waals surface area contributed by atoms with Crippen LogP contribution in [0.15, 0.2) is 63.6 Å². The van der Waals surface area contributed by atoms with Gasteiger partial charge in [0.15, 0.2) is 28.3 Å². The van der Waals surface area contributed by atoms with Crippen LogP contribution in [0.25, 0.3) is 21.0 Å². The Bertz CT molecular complexity index is 998. The van der Waals surface area contributed by atoms with E-state index in [2.05, 4.69) is 28.5 Å². The summed E-state index contributed by atoms with van der Waals surface area (Å²) in [6.07, 6.45) is 4.42. The van der Waals surface area contributed by atoms with Gasteiger partial charge in [-0.2, -0.15) is 0 Å². The number of para-hydroxylation sites is 1. The van der Waals surface area contributed by atoms with Gasteiger partial charge in [0.05, 0.1) is 29.6 Å². The van der Waals surface area contributed by atoms with Crippen LogP contribution in [0.4, 0.5) is 0 Å². The number of likely N-dealkylation sites (tertiary alicyclic amines) is 1. The molecule has 0 saturated carbocycles. The summed E-state index contributed by atoms with van der Waals surface area (Å²) in [6, 6.07) is 16.8. The minimum Gasteiger partial charge on any atom is -0.463 e. The van der Waals surface area contributed by atoms with Gasteiger partial charge in [-0.15, -0.1) is 11.3 Å². The average molecular weight is 396 g/mol. The van der Waals surface area contributed by atoms with Crippen molar-refractivity contribution >= 4 is 21.6 Å². The molecule has 4 heterocycles. The van der Waals surface area contributed by atoms with Crippen molar-refractivity contribution in [3.63, 3.8) is 0 Å². The van der Waals surface area contributed by atoms with Gasteiger partial charge < -0.3 is 19.1 Å². The number of furan rings is 2. The first-order chi connectivity index (χ1) is 13.9. The summed E-state index contributed by atoms with van der Waals surface area (Å²) in [7, 11) is 0. The molecule has 28 heavy (non-hydrogen) atoms. The number of fused-ring (bicyclic) bond motifs is 1. The van der Waals surface area contributed by atoms with Gasteiger partial charge in [-0.3, -0.25) is 0 Å². The Morgan fingerprint density at radius 1 is 1.07 bits per heavy atom. The molecule has 1 aliphatic rings. The first-order valence-electron chi connectivity index (χ1n) is 10.0. The Kier molecular flexibility index (Phi) is 4.99. The Hall–Kier alpha value is -2.41. The second kappa shape index (κ2) is 7.91. The van der Waals surface area contributed by atoms with Crippen LogP contribution in [0.5, 0.6) is 0 Å².